The summed E-state index contributed by atoms with van der Waals surface area (Å²) in [6.07, 6.45) is 6.78. The number of carbonyl (C=O) groups is 1. The molecule has 4 heteroatoms. The van der Waals surface area contributed by atoms with E-state index in [1.807, 2.05) is 24.3 Å². The zero-order chi connectivity index (χ0) is 13.2. The molecule has 0 aliphatic heterocycles. The zero-order valence-electron chi connectivity index (χ0n) is 10.6. The molecule has 0 aromatic heterocycles. The van der Waals surface area contributed by atoms with E-state index in [1.165, 1.54) is 6.42 Å². The lowest BCUT2D eigenvalue weighted by Crippen LogP contribution is -2.43. The second-order valence-corrected chi connectivity index (χ2v) is 5.78. The van der Waals surface area contributed by atoms with Gasteiger partial charge in [-0.25, -0.2) is 4.79 Å². The van der Waals surface area contributed by atoms with Gasteiger partial charge in [0.1, 0.15) is 0 Å². The van der Waals surface area contributed by atoms with Gasteiger partial charge in [0.05, 0.1) is 0 Å². The van der Waals surface area contributed by atoms with Gasteiger partial charge in [0.25, 0.3) is 0 Å². The third-order valence-corrected chi connectivity index (χ3v) is 4.21. The number of urea groups is 1. The van der Waals surface area contributed by atoms with Gasteiger partial charge in [0.15, 0.2) is 0 Å². The quantitative estimate of drug-likeness (QED) is 0.819. The average molecular weight is 277 g/mol. The van der Waals surface area contributed by atoms with Crippen LogP contribution in [-0.2, 0) is 6.54 Å². The van der Waals surface area contributed by atoms with Crippen molar-refractivity contribution in [3.8, 4) is 0 Å². The first-order valence-corrected chi connectivity index (χ1v) is 7.05. The Balaban J connectivity index is 1.47. The van der Waals surface area contributed by atoms with Crippen LogP contribution >= 0.6 is 11.6 Å². The maximum atomic E-state index is 11.8. The number of allylic oxidation sites excluding steroid dienone is 1. The minimum Gasteiger partial charge on any atom is -0.335 e. The molecule has 1 aromatic rings. The van der Waals surface area contributed by atoms with Crippen molar-refractivity contribution in [1.29, 1.82) is 0 Å². The number of nitrogens with one attached hydrogen (secondary N) is 2. The van der Waals surface area contributed by atoms with Crippen LogP contribution in [0.3, 0.4) is 0 Å². The monoisotopic (exact) mass is 276 g/mol. The lowest BCUT2D eigenvalue weighted by molar-refractivity contribution is 0.234. The van der Waals surface area contributed by atoms with Crippen molar-refractivity contribution < 1.29 is 4.79 Å². The topological polar surface area (TPSA) is 41.1 Å². The van der Waals surface area contributed by atoms with Gasteiger partial charge in [-0.05, 0) is 42.4 Å². The molecule has 0 heterocycles. The van der Waals surface area contributed by atoms with Crippen molar-refractivity contribution in [1.82, 2.24) is 10.6 Å². The van der Waals surface area contributed by atoms with E-state index >= 15 is 0 Å². The molecule has 3 atom stereocenters. The summed E-state index contributed by atoms with van der Waals surface area (Å²) < 4.78 is 0. The molecule has 1 fully saturated rings. The second kappa shape index (κ2) is 5.25. The summed E-state index contributed by atoms with van der Waals surface area (Å²) in [4.78, 5) is 11.8. The molecule has 19 heavy (non-hydrogen) atoms. The molecule has 2 N–H and O–H groups in total. The molecule has 0 spiro atoms. The maximum absolute atomic E-state index is 11.8. The van der Waals surface area contributed by atoms with Gasteiger partial charge in [-0.3, -0.25) is 0 Å². The maximum Gasteiger partial charge on any atom is 0.315 e. The molecule has 3 unspecified atom stereocenters. The summed E-state index contributed by atoms with van der Waals surface area (Å²) in [5, 5.41) is 6.66. The number of benzene rings is 1. The lowest BCUT2D eigenvalue weighted by atomic mass is 10.0. The summed E-state index contributed by atoms with van der Waals surface area (Å²) in [6, 6.07) is 7.72. The van der Waals surface area contributed by atoms with Crippen molar-refractivity contribution in [2.75, 3.05) is 0 Å². The molecule has 2 aliphatic carbocycles. The first-order chi connectivity index (χ1) is 9.20. The highest BCUT2D eigenvalue weighted by Gasteiger charge is 2.36. The molecule has 1 aromatic carbocycles. The predicted octanol–water partition coefficient (Wildman–Crippen LogP) is 3.10. The minimum absolute atomic E-state index is 0.0825. The van der Waals surface area contributed by atoms with Crippen molar-refractivity contribution in [3.05, 3.63) is 47.0 Å². The van der Waals surface area contributed by atoms with E-state index in [-0.39, 0.29) is 6.03 Å². The van der Waals surface area contributed by atoms with Gasteiger partial charge < -0.3 is 10.6 Å². The van der Waals surface area contributed by atoms with E-state index < -0.39 is 0 Å². The molecular weight excluding hydrogens is 260 g/mol. The number of rotatable bonds is 3. The van der Waals surface area contributed by atoms with E-state index in [1.54, 1.807) is 0 Å². The fourth-order valence-electron chi connectivity index (χ4n) is 2.95. The molecule has 2 amide bonds. The van der Waals surface area contributed by atoms with Gasteiger partial charge in [-0.2, -0.15) is 0 Å². The van der Waals surface area contributed by atoms with Crippen molar-refractivity contribution in [3.63, 3.8) is 0 Å². The Bertz CT molecular complexity index is 497. The van der Waals surface area contributed by atoms with Crippen molar-refractivity contribution >= 4 is 17.6 Å². The highest BCUT2D eigenvalue weighted by molar-refractivity contribution is 6.30. The average Bonchev–Trinajstić information content (AvgIpc) is 3.00. The summed E-state index contributed by atoms with van der Waals surface area (Å²) in [5.41, 5.74) is 1.05. The minimum atomic E-state index is -0.0825. The Morgan fingerprint density at radius 2 is 2.00 bits per heavy atom. The van der Waals surface area contributed by atoms with Crippen LogP contribution in [0, 0.1) is 11.8 Å². The van der Waals surface area contributed by atoms with Gasteiger partial charge >= 0.3 is 6.03 Å². The van der Waals surface area contributed by atoms with Gasteiger partial charge in [-0.15, -0.1) is 0 Å². The van der Waals surface area contributed by atoms with E-state index in [4.69, 9.17) is 11.6 Å². The van der Waals surface area contributed by atoms with Crippen LogP contribution in [0.15, 0.2) is 36.4 Å². The SMILES string of the molecule is O=C(NCc1ccc(Cl)cc1)NC1CC2C=CC1C2. The zero-order valence-corrected chi connectivity index (χ0v) is 11.4. The molecule has 2 bridgehead atoms. The number of fused-ring (bicyclic) bond motifs is 2. The number of halogens is 1. The van der Waals surface area contributed by atoms with Crippen LogP contribution in [-0.4, -0.2) is 12.1 Å². The molecule has 2 aliphatic rings. The van der Waals surface area contributed by atoms with E-state index in [2.05, 4.69) is 22.8 Å². The number of hydrogen-bond acceptors (Lipinski definition) is 1. The lowest BCUT2D eigenvalue weighted by Gasteiger charge is -2.20. The Hall–Kier alpha value is -1.48. The predicted molar refractivity (Wildman–Crippen MR) is 76.0 cm³/mol. The number of carbonyl (C=O) groups excluding carboxylic acids is 1. The summed E-state index contributed by atoms with van der Waals surface area (Å²) in [6.45, 7) is 0.527. The summed E-state index contributed by atoms with van der Waals surface area (Å²) >= 11 is 5.82. The standard InChI is InChI=1S/C15H17ClN2O/c16-13-5-2-10(3-6-13)9-17-15(19)18-14-8-11-1-4-12(14)7-11/h1-6,11-12,14H,7-9H2,(H2,17,18,19). The second-order valence-electron chi connectivity index (χ2n) is 5.34. The van der Waals surface area contributed by atoms with E-state index in [9.17, 15) is 4.79 Å². The fraction of sp³-hybridized carbons (Fsp3) is 0.400. The third-order valence-electron chi connectivity index (χ3n) is 3.96. The third kappa shape index (κ3) is 2.92. The van der Waals surface area contributed by atoms with Gasteiger partial charge in [0.2, 0.25) is 0 Å². The first kappa shape index (κ1) is 12.5. The smallest absolute Gasteiger partial charge is 0.315 e. The molecule has 0 saturated heterocycles. The van der Waals surface area contributed by atoms with E-state index in [0.29, 0.717) is 29.4 Å². The summed E-state index contributed by atoms with van der Waals surface area (Å²) in [7, 11) is 0. The molecule has 3 nitrogen and oxygen atoms in total. The Morgan fingerprint density at radius 3 is 2.63 bits per heavy atom. The fourth-order valence-corrected chi connectivity index (χ4v) is 3.08. The molecule has 3 rings (SSSR count). The Labute approximate surface area is 118 Å². The first-order valence-electron chi connectivity index (χ1n) is 6.68. The van der Waals surface area contributed by atoms with Crippen LogP contribution in [0.2, 0.25) is 5.02 Å². The summed E-state index contributed by atoms with van der Waals surface area (Å²) in [5.74, 6) is 1.21. The van der Waals surface area contributed by atoms with E-state index in [0.717, 1.165) is 12.0 Å². The molecule has 0 radical (unpaired) electrons. The normalized spacial score (nSPS) is 27.5. The van der Waals surface area contributed by atoms with Crippen LogP contribution in [0.1, 0.15) is 18.4 Å². The van der Waals surface area contributed by atoms with Crippen LogP contribution in [0.5, 0.6) is 0 Å². The van der Waals surface area contributed by atoms with Gasteiger partial charge in [-0.1, -0.05) is 35.9 Å². The molecular formula is C15H17ClN2O. The Morgan fingerprint density at radius 1 is 1.21 bits per heavy atom. The van der Waals surface area contributed by atoms with Crippen LogP contribution in [0.25, 0.3) is 0 Å². The number of amides is 2. The molecule has 100 valence electrons. The van der Waals surface area contributed by atoms with Crippen LogP contribution in [0.4, 0.5) is 4.79 Å². The van der Waals surface area contributed by atoms with Crippen molar-refractivity contribution in [2.24, 2.45) is 11.8 Å². The van der Waals surface area contributed by atoms with Crippen LogP contribution < -0.4 is 10.6 Å². The highest BCUT2D eigenvalue weighted by atomic mass is 35.5. The van der Waals surface area contributed by atoms with Crippen molar-refractivity contribution in [2.45, 2.75) is 25.4 Å². The largest absolute Gasteiger partial charge is 0.335 e. The highest BCUT2D eigenvalue weighted by Crippen LogP contribution is 2.38. The van der Waals surface area contributed by atoms with Gasteiger partial charge in [0, 0.05) is 17.6 Å². The Kier molecular flexibility index (Phi) is 3.47. The molecule has 1 saturated carbocycles. The number of hydrogen-bond donors (Lipinski definition) is 2.